The second-order valence-corrected chi connectivity index (χ2v) is 8.17. The number of hydrogen-bond acceptors (Lipinski definition) is 3. The highest BCUT2D eigenvalue weighted by Gasteiger charge is 2.36. The van der Waals surface area contributed by atoms with Gasteiger partial charge in [-0.25, -0.2) is 8.42 Å². The molecule has 6 heteroatoms. The topological polar surface area (TPSA) is 34.1 Å². The summed E-state index contributed by atoms with van der Waals surface area (Å²) in [6.07, 6.45) is 0. The van der Waals surface area contributed by atoms with Gasteiger partial charge in [0.1, 0.15) is 0 Å². The first-order chi connectivity index (χ1) is 7.46. The van der Waals surface area contributed by atoms with E-state index in [2.05, 4.69) is 0 Å². The lowest BCUT2D eigenvalue weighted by molar-refractivity contribution is 0.602. The average Bonchev–Trinajstić information content (AvgIpc) is 2.44. The molecule has 0 amide bonds. The van der Waals surface area contributed by atoms with Gasteiger partial charge in [-0.1, -0.05) is 11.6 Å². The minimum atomic E-state index is -2.95. The van der Waals surface area contributed by atoms with Crippen molar-refractivity contribution in [1.29, 1.82) is 0 Å². The number of hydrogen-bond donors (Lipinski definition) is 0. The summed E-state index contributed by atoms with van der Waals surface area (Å²) in [7, 11) is -2.95. The lowest BCUT2D eigenvalue weighted by atomic mass is 10.4. The summed E-state index contributed by atoms with van der Waals surface area (Å²) < 4.78 is 22.8. The molecule has 16 heavy (non-hydrogen) atoms. The van der Waals surface area contributed by atoms with E-state index in [-0.39, 0.29) is 22.1 Å². The Labute approximate surface area is 109 Å². The predicted molar refractivity (Wildman–Crippen MR) is 69.4 cm³/mol. The van der Waals surface area contributed by atoms with Crippen LogP contribution in [0.25, 0.3) is 0 Å². The largest absolute Gasteiger partial charge is 0.229 e. The fourth-order valence-electron chi connectivity index (χ4n) is 1.57. The average molecular weight is 297 g/mol. The van der Waals surface area contributed by atoms with Crippen molar-refractivity contribution in [1.82, 2.24) is 0 Å². The van der Waals surface area contributed by atoms with Crippen molar-refractivity contribution < 1.29 is 8.42 Å². The quantitative estimate of drug-likeness (QED) is 0.787. The SMILES string of the molecule is O=S1(=O)CC(Cl)C(Sc2ccc(Cl)cc2)C1. The van der Waals surface area contributed by atoms with Gasteiger partial charge in [0.15, 0.2) is 9.84 Å². The molecule has 0 aromatic heterocycles. The fraction of sp³-hybridized carbons (Fsp3) is 0.400. The Morgan fingerprint density at radius 3 is 2.31 bits per heavy atom. The minimum Gasteiger partial charge on any atom is -0.229 e. The summed E-state index contributed by atoms with van der Waals surface area (Å²) in [6.45, 7) is 0. The molecule has 2 nitrogen and oxygen atoms in total. The summed E-state index contributed by atoms with van der Waals surface area (Å²) in [5.41, 5.74) is 0. The first-order valence-corrected chi connectivity index (χ1v) is 8.24. The molecule has 2 rings (SSSR count). The lowest BCUT2D eigenvalue weighted by Gasteiger charge is -2.11. The molecule has 1 aliphatic rings. The highest BCUT2D eigenvalue weighted by Crippen LogP contribution is 2.34. The van der Waals surface area contributed by atoms with Gasteiger partial charge in [0.2, 0.25) is 0 Å². The van der Waals surface area contributed by atoms with Gasteiger partial charge in [-0.3, -0.25) is 0 Å². The maximum atomic E-state index is 11.4. The summed E-state index contributed by atoms with van der Waals surface area (Å²) in [5, 5.41) is 0.310. The lowest BCUT2D eigenvalue weighted by Crippen LogP contribution is -2.13. The molecule has 1 fully saturated rings. The number of thioether (sulfide) groups is 1. The van der Waals surface area contributed by atoms with Crippen molar-refractivity contribution in [2.75, 3.05) is 11.5 Å². The molecule has 2 atom stereocenters. The van der Waals surface area contributed by atoms with Crippen LogP contribution in [0.15, 0.2) is 29.2 Å². The van der Waals surface area contributed by atoms with Crippen molar-refractivity contribution in [3.05, 3.63) is 29.3 Å². The molecular formula is C10H10Cl2O2S2. The van der Waals surface area contributed by atoms with Crippen LogP contribution in [0.5, 0.6) is 0 Å². The van der Waals surface area contributed by atoms with Gasteiger partial charge in [0.25, 0.3) is 0 Å². The molecule has 1 heterocycles. The third-order valence-corrected chi connectivity index (χ3v) is 6.67. The molecule has 1 saturated heterocycles. The van der Waals surface area contributed by atoms with Crippen molar-refractivity contribution in [2.24, 2.45) is 0 Å². The van der Waals surface area contributed by atoms with E-state index in [9.17, 15) is 8.42 Å². The summed E-state index contributed by atoms with van der Waals surface area (Å²) in [4.78, 5) is 0.997. The van der Waals surface area contributed by atoms with E-state index in [0.29, 0.717) is 5.02 Å². The van der Waals surface area contributed by atoms with E-state index < -0.39 is 9.84 Å². The van der Waals surface area contributed by atoms with Crippen molar-refractivity contribution in [2.45, 2.75) is 15.5 Å². The van der Waals surface area contributed by atoms with E-state index in [0.717, 1.165) is 4.90 Å². The molecule has 0 radical (unpaired) electrons. The van der Waals surface area contributed by atoms with Crippen molar-refractivity contribution in [3.8, 4) is 0 Å². The molecule has 2 unspecified atom stereocenters. The fourth-order valence-corrected chi connectivity index (χ4v) is 6.11. The van der Waals surface area contributed by atoms with Crippen LogP contribution >= 0.6 is 35.0 Å². The number of benzene rings is 1. The van der Waals surface area contributed by atoms with Gasteiger partial charge in [-0.2, -0.15) is 0 Å². The molecule has 1 aromatic rings. The normalized spacial score (nSPS) is 28.1. The van der Waals surface area contributed by atoms with Gasteiger partial charge in [0.05, 0.1) is 16.9 Å². The standard InChI is InChI=1S/C10H10Cl2O2S2/c11-7-1-3-8(4-2-7)15-10-6-16(13,14)5-9(10)12/h1-4,9-10H,5-6H2. The number of halogens is 2. The second kappa shape index (κ2) is 4.77. The third kappa shape index (κ3) is 3.06. The summed E-state index contributed by atoms with van der Waals surface area (Å²) in [5.74, 6) is 0.244. The maximum absolute atomic E-state index is 11.4. The molecule has 0 saturated carbocycles. The van der Waals surface area contributed by atoms with Gasteiger partial charge < -0.3 is 0 Å². The monoisotopic (exact) mass is 296 g/mol. The summed E-state index contributed by atoms with van der Waals surface area (Å²) in [6, 6.07) is 7.33. The first-order valence-electron chi connectivity index (χ1n) is 4.73. The van der Waals surface area contributed by atoms with E-state index in [1.165, 1.54) is 11.8 Å². The zero-order chi connectivity index (χ0) is 11.8. The molecule has 0 spiro atoms. The Bertz CT molecular complexity index is 470. The Hall–Kier alpha value is 0.1000. The Balaban J connectivity index is 2.08. The van der Waals surface area contributed by atoms with Crippen LogP contribution in [0.4, 0.5) is 0 Å². The van der Waals surface area contributed by atoms with Crippen LogP contribution in [0, 0.1) is 0 Å². The molecule has 88 valence electrons. The van der Waals surface area contributed by atoms with E-state index >= 15 is 0 Å². The Morgan fingerprint density at radius 1 is 1.19 bits per heavy atom. The zero-order valence-electron chi connectivity index (χ0n) is 8.27. The highest BCUT2D eigenvalue weighted by atomic mass is 35.5. The minimum absolute atomic E-state index is 0.0622. The van der Waals surface area contributed by atoms with E-state index in [4.69, 9.17) is 23.2 Å². The summed E-state index contributed by atoms with van der Waals surface area (Å²) >= 11 is 13.3. The van der Waals surface area contributed by atoms with Gasteiger partial charge in [-0.05, 0) is 24.3 Å². The van der Waals surface area contributed by atoms with Crippen LogP contribution in [-0.4, -0.2) is 30.6 Å². The van der Waals surface area contributed by atoms with Gasteiger partial charge >= 0.3 is 0 Å². The second-order valence-electron chi connectivity index (χ2n) is 3.70. The molecule has 0 N–H and O–H groups in total. The molecule has 0 aliphatic carbocycles. The number of sulfone groups is 1. The smallest absolute Gasteiger partial charge is 0.152 e. The Morgan fingerprint density at radius 2 is 1.81 bits per heavy atom. The molecular weight excluding hydrogens is 287 g/mol. The van der Waals surface area contributed by atoms with Gasteiger partial charge in [-0.15, -0.1) is 23.4 Å². The van der Waals surface area contributed by atoms with Crippen molar-refractivity contribution >= 4 is 44.8 Å². The Kier molecular flexibility index (Phi) is 3.74. The van der Waals surface area contributed by atoms with Gasteiger partial charge in [0, 0.05) is 15.2 Å². The molecule has 0 bridgehead atoms. The highest BCUT2D eigenvalue weighted by molar-refractivity contribution is 8.02. The van der Waals surface area contributed by atoms with E-state index in [1.807, 2.05) is 12.1 Å². The van der Waals surface area contributed by atoms with Crippen LogP contribution in [0.3, 0.4) is 0 Å². The first kappa shape index (κ1) is 12.6. The van der Waals surface area contributed by atoms with Crippen molar-refractivity contribution in [3.63, 3.8) is 0 Å². The van der Waals surface area contributed by atoms with E-state index in [1.54, 1.807) is 12.1 Å². The van der Waals surface area contributed by atoms with Crippen LogP contribution in [0.1, 0.15) is 0 Å². The van der Waals surface area contributed by atoms with Crippen LogP contribution in [-0.2, 0) is 9.84 Å². The zero-order valence-corrected chi connectivity index (χ0v) is 11.4. The molecule has 1 aliphatic heterocycles. The maximum Gasteiger partial charge on any atom is 0.152 e. The van der Waals surface area contributed by atoms with Crippen LogP contribution < -0.4 is 0 Å². The number of rotatable bonds is 2. The molecule has 1 aromatic carbocycles. The predicted octanol–water partition coefficient (Wildman–Crippen LogP) is 2.84. The number of alkyl halides is 1. The third-order valence-electron chi connectivity index (χ3n) is 2.34. The van der Waals surface area contributed by atoms with Crippen LogP contribution in [0.2, 0.25) is 5.02 Å².